The van der Waals surface area contributed by atoms with E-state index >= 15 is 0 Å². The summed E-state index contributed by atoms with van der Waals surface area (Å²) in [6, 6.07) is 8.71. The minimum Gasteiger partial charge on any atom is -0.378 e. The van der Waals surface area contributed by atoms with Crippen LogP contribution in [0.1, 0.15) is 11.1 Å². The Morgan fingerprint density at radius 3 is 2.31 bits per heavy atom. The van der Waals surface area contributed by atoms with Crippen LogP contribution < -0.4 is 15.5 Å². The first kappa shape index (κ1) is 19.6. The van der Waals surface area contributed by atoms with Gasteiger partial charge in [-0.25, -0.2) is 9.18 Å². The number of hydrogen-bond donors (Lipinski definition) is 2. The fraction of sp³-hybridized carbons (Fsp3) is 0.278. The maximum atomic E-state index is 13.2. The lowest BCUT2D eigenvalue weighted by Gasteiger charge is -2.19. The molecule has 0 spiro atoms. The Morgan fingerprint density at radius 2 is 1.73 bits per heavy atom. The number of nitrogens with zero attached hydrogens (tertiary/aromatic N) is 1. The van der Waals surface area contributed by atoms with Gasteiger partial charge in [0.15, 0.2) is 0 Å². The van der Waals surface area contributed by atoms with Crippen LogP contribution in [0.25, 0.3) is 0 Å². The second kappa shape index (κ2) is 8.07. The summed E-state index contributed by atoms with van der Waals surface area (Å²) in [5.74, 6) is -0.361. The second-order valence-electron chi connectivity index (χ2n) is 5.88. The molecule has 2 aromatic rings. The number of amides is 2. The number of urea groups is 1. The molecule has 0 aliphatic carbocycles. The molecule has 0 radical (unpaired) electrons. The maximum absolute atomic E-state index is 13.2. The Hall–Kier alpha value is -2.77. The predicted octanol–water partition coefficient (Wildman–Crippen LogP) is 4.27. The quantitative estimate of drug-likeness (QED) is 0.773. The molecule has 4 nitrogen and oxygen atoms in total. The Bertz CT molecular complexity index is 758. The van der Waals surface area contributed by atoms with Gasteiger partial charge < -0.3 is 15.5 Å². The summed E-state index contributed by atoms with van der Waals surface area (Å²) in [6.45, 7) is 0.203. The fourth-order valence-corrected chi connectivity index (χ4v) is 2.29. The first-order chi connectivity index (χ1) is 12.2. The van der Waals surface area contributed by atoms with E-state index in [-0.39, 0.29) is 18.0 Å². The van der Waals surface area contributed by atoms with Gasteiger partial charge in [-0.1, -0.05) is 12.1 Å². The average Bonchev–Trinajstić information content (AvgIpc) is 2.56. The Morgan fingerprint density at radius 1 is 1.08 bits per heavy atom. The second-order valence-corrected chi connectivity index (χ2v) is 5.88. The van der Waals surface area contributed by atoms with Gasteiger partial charge in [-0.2, -0.15) is 13.2 Å². The topological polar surface area (TPSA) is 44.4 Å². The highest BCUT2D eigenvalue weighted by Gasteiger charge is 2.34. The van der Waals surface area contributed by atoms with Crippen LogP contribution in [0.3, 0.4) is 0 Å². The number of carbonyl (C=O) groups excluding carboxylic acids is 1. The molecule has 0 aromatic heterocycles. The standard InChI is InChI=1S/C18H19F4N3O/c1-25(2)14-7-8-16(15(11-14)18(20,21)22)24-17(26)23-10-9-12-3-5-13(19)6-4-12/h3-8,11H,9-10H2,1-2H3,(H2,23,24,26). The summed E-state index contributed by atoms with van der Waals surface area (Å²) in [7, 11) is 3.26. The van der Waals surface area contributed by atoms with Crippen LogP contribution in [-0.2, 0) is 12.6 Å². The summed E-state index contributed by atoms with van der Waals surface area (Å²) >= 11 is 0. The molecule has 26 heavy (non-hydrogen) atoms. The zero-order valence-electron chi connectivity index (χ0n) is 14.3. The lowest BCUT2D eigenvalue weighted by molar-refractivity contribution is -0.136. The van der Waals surface area contributed by atoms with Gasteiger partial charge in [0.25, 0.3) is 0 Å². The first-order valence-electron chi connectivity index (χ1n) is 7.84. The van der Waals surface area contributed by atoms with E-state index in [1.54, 1.807) is 31.1 Å². The van der Waals surface area contributed by atoms with E-state index in [9.17, 15) is 22.4 Å². The largest absolute Gasteiger partial charge is 0.418 e. The molecule has 8 heteroatoms. The van der Waals surface area contributed by atoms with Gasteiger partial charge in [0, 0.05) is 26.3 Å². The van der Waals surface area contributed by atoms with Crippen LogP contribution in [0, 0.1) is 5.82 Å². The molecule has 0 fully saturated rings. The maximum Gasteiger partial charge on any atom is 0.418 e. The minimum atomic E-state index is -4.59. The van der Waals surface area contributed by atoms with Gasteiger partial charge in [0.1, 0.15) is 5.82 Å². The Balaban J connectivity index is 2.00. The van der Waals surface area contributed by atoms with E-state index < -0.39 is 17.8 Å². The van der Waals surface area contributed by atoms with Crippen molar-refractivity contribution in [1.29, 1.82) is 0 Å². The van der Waals surface area contributed by atoms with Crippen molar-refractivity contribution >= 4 is 17.4 Å². The summed E-state index contributed by atoms with van der Waals surface area (Å²) in [6.07, 6.45) is -4.16. The first-order valence-corrected chi connectivity index (χ1v) is 7.84. The Labute approximate surface area is 148 Å². The van der Waals surface area contributed by atoms with Gasteiger partial charge in [-0.05, 0) is 42.3 Å². The number of benzene rings is 2. The van der Waals surface area contributed by atoms with E-state index in [1.165, 1.54) is 24.3 Å². The molecule has 0 bridgehead atoms. The molecule has 2 aromatic carbocycles. The third kappa shape index (κ3) is 5.37. The number of halogens is 4. The van der Waals surface area contributed by atoms with Crippen LogP contribution in [-0.4, -0.2) is 26.7 Å². The Kier molecular flexibility index (Phi) is 6.07. The molecule has 0 heterocycles. The predicted molar refractivity (Wildman–Crippen MR) is 92.9 cm³/mol. The van der Waals surface area contributed by atoms with E-state index in [2.05, 4.69) is 10.6 Å². The number of hydrogen-bond acceptors (Lipinski definition) is 2. The molecular formula is C18H19F4N3O. The number of anilines is 2. The van der Waals surface area contributed by atoms with Gasteiger partial charge in [0.05, 0.1) is 11.3 Å². The van der Waals surface area contributed by atoms with Gasteiger partial charge in [-0.15, -0.1) is 0 Å². The van der Waals surface area contributed by atoms with Gasteiger partial charge in [0.2, 0.25) is 0 Å². The van der Waals surface area contributed by atoms with Crippen molar-refractivity contribution in [2.45, 2.75) is 12.6 Å². The zero-order valence-corrected chi connectivity index (χ0v) is 14.3. The third-order valence-corrected chi connectivity index (χ3v) is 3.69. The average molecular weight is 369 g/mol. The fourth-order valence-electron chi connectivity index (χ4n) is 2.29. The monoisotopic (exact) mass is 369 g/mol. The molecule has 0 aliphatic rings. The summed E-state index contributed by atoms with van der Waals surface area (Å²) in [5.41, 5.74) is -0.0580. The molecule has 0 unspecified atom stereocenters. The van der Waals surface area contributed by atoms with Crippen LogP contribution in [0.4, 0.5) is 33.7 Å². The van der Waals surface area contributed by atoms with Crippen molar-refractivity contribution < 1.29 is 22.4 Å². The van der Waals surface area contributed by atoms with Gasteiger partial charge >= 0.3 is 12.2 Å². The van der Waals surface area contributed by atoms with E-state index in [0.717, 1.165) is 11.6 Å². The highest BCUT2D eigenvalue weighted by molar-refractivity contribution is 5.90. The number of carbonyl (C=O) groups is 1. The molecule has 0 aliphatic heterocycles. The molecule has 0 saturated carbocycles. The van der Waals surface area contributed by atoms with Crippen LogP contribution in [0.2, 0.25) is 0 Å². The van der Waals surface area contributed by atoms with E-state index in [4.69, 9.17) is 0 Å². The summed E-state index contributed by atoms with van der Waals surface area (Å²) < 4.78 is 52.5. The summed E-state index contributed by atoms with van der Waals surface area (Å²) in [4.78, 5) is 13.4. The zero-order chi connectivity index (χ0) is 19.3. The van der Waals surface area contributed by atoms with Crippen LogP contribution in [0.5, 0.6) is 0 Å². The smallest absolute Gasteiger partial charge is 0.378 e. The minimum absolute atomic E-state index is 0.203. The van der Waals surface area contributed by atoms with Crippen molar-refractivity contribution in [2.24, 2.45) is 0 Å². The van der Waals surface area contributed by atoms with E-state index in [0.29, 0.717) is 12.1 Å². The lowest BCUT2D eigenvalue weighted by atomic mass is 10.1. The normalized spacial score (nSPS) is 11.2. The molecule has 140 valence electrons. The van der Waals surface area contributed by atoms with Crippen LogP contribution >= 0.6 is 0 Å². The number of nitrogens with one attached hydrogen (secondary N) is 2. The lowest BCUT2D eigenvalue weighted by Crippen LogP contribution is -2.31. The molecule has 2 rings (SSSR count). The highest BCUT2D eigenvalue weighted by Crippen LogP contribution is 2.37. The van der Waals surface area contributed by atoms with Crippen molar-refractivity contribution in [3.8, 4) is 0 Å². The van der Waals surface area contributed by atoms with Crippen molar-refractivity contribution in [3.05, 3.63) is 59.4 Å². The van der Waals surface area contributed by atoms with Crippen molar-refractivity contribution in [1.82, 2.24) is 5.32 Å². The molecule has 0 saturated heterocycles. The summed E-state index contributed by atoms with van der Waals surface area (Å²) in [5, 5.41) is 4.72. The molecule has 0 atom stereocenters. The highest BCUT2D eigenvalue weighted by atomic mass is 19.4. The van der Waals surface area contributed by atoms with Crippen molar-refractivity contribution in [2.75, 3.05) is 30.9 Å². The van der Waals surface area contributed by atoms with E-state index in [1.807, 2.05) is 0 Å². The van der Waals surface area contributed by atoms with Crippen LogP contribution in [0.15, 0.2) is 42.5 Å². The molecular weight excluding hydrogens is 350 g/mol. The SMILES string of the molecule is CN(C)c1ccc(NC(=O)NCCc2ccc(F)cc2)c(C(F)(F)F)c1. The molecule has 2 N–H and O–H groups in total. The third-order valence-electron chi connectivity index (χ3n) is 3.69. The molecule has 2 amide bonds. The number of rotatable bonds is 5. The number of alkyl halides is 3. The van der Waals surface area contributed by atoms with Gasteiger partial charge in [-0.3, -0.25) is 0 Å². The van der Waals surface area contributed by atoms with Crippen molar-refractivity contribution in [3.63, 3.8) is 0 Å².